The lowest BCUT2D eigenvalue weighted by atomic mass is 9.64. The highest BCUT2D eigenvalue weighted by Gasteiger charge is 2.79. The molecule has 1 spiro atoms. The second kappa shape index (κ2) is 11.7. The van der Waals surface area contributed by atoms with Crippen molar-refractivity contribution in [2.45, 2.75) is 43.4 Å². The van der Waals surface area contributed by atoms with Gasteiger partial charge in [-0.25, -0.2) is 0 Å². The number of carbonyl (C=O) groups excluding carboxylic acids is 3. The Kier molecular flexibility index (Phi) is 7.90. The van der Waals surface area contributed by atoms with E-state index in [4.69, 9.17) is 4.74 Å². The highest BCUT2D eigenvalue weighted by molar-refractivity contribution is 6.07. The zero-order valence-electron chi connectivity index (χ0n) is 25.1. The zero-order valence-corrected chi connectivity index (χ0v) is 25.1. The number of hydrogen-bond acceptors (Lipinski definition) is 5. The smallest absolute Gasteiger partial charge is 0.253 e. The molecule has 1 N–H and O–H groups in total. The number of rotatable bonds is 11. The molecule has 3 heterocycles. The Morgan fingerprint density at radius 1 is 0.932 bits per heavy atom. The van der Waals surface area contributed by atoms with Crippen LogP contribution in [0.5, 0.6) is 0 Å². The Balaban J connectivity index is 1.44. The maximum atomic E-state index is 14.8. The summed E-state index contributed by atoms with van der Waals surface area (Å²) in [6, 6.07) is 22.1. The third-order valence-corrected chi connectivity index (χ3v) is 9.79. The summed E-state index contributed by atoms with van der Waals surface area (Å²) in [5, 5.41) is 12.1. The van der Waals surface area contributed by atoms with E-state index in [0.29, 0.717) is 30.6 Å². The molecule has 5 atom stereocenters. The van der Waals surface area contributed by atoms with Crippen LogP contribution in [0.4, 0.5) is 11.4 Å². The van der Waals surface area contributed by atoms with Gasteiger partial charge in [-0.15, -0.1) is 13.2 Å². The molecule has 228 valence electrons. The molecule has 2 bridgehead atoms. The molecule has 8 nitrogen and oxygen atoms in total. The molecule has 0 aromatic heterocycles. The van der Waals surface area contributed by atoms with Gasteiger partial charge in [0.1, 0.15) is 11.6 Å². The molecule has 0 aliphatic carbocycles. The van der Waals surface area contributed by atoms with Crippen LogP contribution < -0.4 is 9.80 Å². The van der Waals surface area contributed by atoms with Crippen LogP contribution in [0, 0.1) is 11.8 Å². The number of nitrogens with zero attached hydrogens (tertiary/aromatic N) is 3. The molecule has 6 rings (SSSR count). The minimum absolute atomic E-state index is 0.0361. The Morgan fingerprint density at radius 2 is 1.59 bits per heavy atom. The monoisotopic (exact) mass is 593 g/mol. The molecule has 2 unspecified atom stereocenters. The molecular weight excluding hydrogens is 554 g/mol. The molecule has 3 amide bonds. The minimum Gasteiger partial charge on any atom is -0.395 e. The van der Waals surface area contributed by atoms with E-state index in [1.165, 1.54) is 4.90 Å². The first-order valence-corrected chi connectivity index (χ1v) is 15.4. The van der Waals surface area contributed by atoms with E-state index in [1.807, 2.05) is 79.7 Å². The Hall–Kier alpha value is -4.27. The van der Waals surface area contributed by atoms with Crippen LogP contribution in [0.25, 0.3) is 10.8 Å². The first-order valence-electron chi connectivity index (χ1n) is 15.4. The number of hydrogen-bond donors (Lipinski definition) is 1. The predicted octanol–water partition coefficient (Wildman–Crippen LogP) is 4.73. The van der Waals surface area contributed by atoms with Crippen molar-refractivity contribution in [1.82, 2.24) is 4.90 Å². The molecule has 3 saturated heterocycles. The number of β-amino-alcohol motifs (C(OH)–C–C–N with tert-alkyl or cyclic N) is 1. The van der Waals surface area contributed by atoms with Gasteiger partial charge in [0.2, 0.25) is 11.8 Å². The summed E-state index contributed by atoms with van der Waals surface area (Å²) in [5.74, 6) is -2.50. The number of amides is 3. The lowest BCUT2D eigenvalue weighted by Crippen LogP contribution is -2.57. The van der Waals surface area contributed by atoms with E-state index in [-0.39, 0.29) is 44.0 Å². The fourth-order valence-electron chi connectivity index (χ4n) is 7.89. The Bertz CT molecular complexity index is 1610. The van der Waals surface area contributed by atoms with Gasteiger partial charge >= 0.3 is 0 Å². The van der Waals surface area contributed by atoms with Crippen molar-refractivity contribution in [1.29, 1.82) is 0 Å². The third-order valence-electron chi connectivity index (χ3n) is 9.79. The predicted molar refractivity (Wildman–Crippen MR) is 171 cm³/mol. The molecule has 3 fully saturated rings. The molecule has 3 aromatic rings. The maximum Gasteiger partial charge on any atom is 0.253 e. The molecule has 8 heteroatoms. The van der Waals surface area contributed by atoms with Crippen LogP contribution in [0.2, 0.25) is 0 Å². The Morgan fingerprint density at radius 3 is 2.25 bits per heavy atom. The van der Waals surface area contributed by atoms with Crippen LogP contribution in [-0.4, -0.2) is 71.2 Å². The van der Waals surface area contributed by atoms with Crippen LogP contribution >= 0.6 is 0 Å². The standard InChI is InChI=1S/C36H39N3O5/c1-4-20-37(27-14-8-7-9-15-27)32(41)29-30-33(42)39(22-23-40)31(36(30)19-18-35(29,6-3)44-36)34(43)38(21-5-2)28-17-16-25-12-10-11-13-26(25)24-28/h4-5,7-17,24,29-31,40H,1-2,6,18-23H2,3H3/t29-,30-,31?,35+,36?/m0/s1. The van der Waals surface area contributed by atoms with Crippen molar-refractivity contribution in [3.05, 3.63) is 98.1 Å². The number of aliphatic hydroxyl groups is 1. The second-order valence-electron chi connectivity index (χ2n) is 11.9. The highest BCUT2D eigenvalue weighted by atomic mass is 16.5. The van der Waals surface area contributed by atoms with E-state index in [0.717, 1.165) is 10.8 Å². The Labute approximate surface area is 258 Å². The number of benzene rings is 3. The number of para-hydroxylation sites is 1. The van der Waals surface area contributed by atoms with Crippen LogP contribution in [0.1, 0.15) is 26.2 Å². The number of fused-ring (bicyclic) bond motifs is 2. The maximum absolute atomic E-state index is 14.8. The lowest BCUT2D eigenvalue weighted by Gasteiger charge is -2.37. The van der Waals surface area contributed by atoms with Gasteiger partial charge in [0.25, 0.3) is 5.91 Å². The summed E-state index contributed by atoms with van der Waals surface area (Å²) in [6.07, 6.45) is 4.87. The van der Waals surface area contributed by atoms with E-state index in [1.54, 1.807) is 22.0 Å². The van der Waals surface area contributed by atoms with Crippen LogP contribution in [0.3, 0.4) is 0 Å². The summed E-state index contributed by atoms with van der Waals surface area (Å²) in [6.45, 7) is 9.88. The van der Waals surface area contributed by atoms with E-state index < -0.39 is 29.1 Å². The summed E-state index contributed by atoms with van der Waals surface area (Å²) in [7, 11) is 0. The van der Waals surface area contributed by atoms with Crippen molar-refractivity contribution in [2.24, 2.45) is 11.8 Å². The first-order chi connectivity index (χ1) is 21.4. The van der Waals surface area contributed by atoms with Crippen molar-refractivity contribution in [3.63, 3.8) is 0 Å². The van der Waals surface area contributed by atoms with Gasteiger partial charge in [-0.1, -0.05) is 67.6 Å². The van der Waals surface area contributed by atoms with Gasteiger partial charge in [-0.05, 0) is 54.3 Å². The van der Waals surface area contributed by atoms with Gasteiger partial charge in [0.05, 0.1) is 24.0 Å². The second-order valence-corrected chi connectivity index (χ2v) is 11.9. The lowest BCUT2D eigenvalue weighted by molar-refractivity contribution is -0.146. The molecule has 3 aromatic carbocycles. The number of anilines is 2. The molecule has 3 aliphatic heterocycles. The number of aliphatic hydroxyl groups excluding tert-OH is 1. The number of likely N-dealkylation sites (tertiary alicyclic amines) is 1. The summed E-state index contributed by atoms with van der Waals surface area (Å²) in [4.78, 5) is 48.5. The third kappa shape index (κ3) is 4.47. The van der Waals surface area contributed by atoms with Gasteiger partial charge in [0, 0.05) is 31.0 Å². The molecular formula is C36H39N3O5. The average molecular weight is 594 g/mol. The van der Waals surface area contributed by atoms with Gasteiger partial charge < -0.3 is 24.5 Å². The van der Waals surface area contributed by atoms with Crippen molar-refractivity contribution in [3.8, 4) is 0 Å². The summed E-state index contributed by atoms with van der Waals surface area (Å²) < 4.78 is 6.94. The van der Waals surface area contributed by atoms with Crippen molar-refractivity contribution < 1.29 is 24.2 Å². The van der Waals surface area contributed by atoms with Gasteiger partial charge in [-0.2, -0.15) is 0 Å². The quantitative estimate of drug-likeness (QED) is 0.325. The highest BCUT2D eigenvalue weighted by Crippen LogP contribution is 2.64. The summed E-state index contributed by atoms with van der Waals surface area (Å²) in [5.41, 5.74) is -0.704. The van der Waals surface area contributed by atoms with E-state index >= 15 is 0 Å². The number of ether oxygens (including phenoxy) is 1. The van der Waals surface area contributed by atoms with Gasteiger partial charge in [0.15, 0.2) is 0 Å². The minimum atomic E-state index is -1.20. The van der Waals surface area contributed by atoms with Crippen molar-refractivity contribution >= 4 is 39.9 Å². The molecule has 44 heavy (non-hydrogen) atoms. The van der Waals surface area contributed by atoms with Crippen LogP contribution in [0.15, 0.2) is 98.1 Å². The van der Waals surface area contributed by atoms with Gasteiger partial charge in [-0.3, -0.25) is 14.4 Å². The van der Waals surface area contributed by atoms with E-state index in [9.17, 15) is 19.5 Å². The SMILES string of the molecule is C=CCN(C(=O)C1N(CCO)C(=O)[C@@H]2[C@@H](C(=O)N(CC=C)c3ccccc3)[C@@]3(CC)CCC12O3)c1ccc2ccccc2c1. The normalized spacial score (nSPS) is 26.9. The zero-order chi connectivity index (χ0) is 31.1. The largest absolute Gasteiger partial charge is 0.395 e. The fourth-order valence-corrected chi connectivity index (χ4v) is 7.89. The molecule has 0 radical (unpaired) electrons. The summed E-state index contributed by atoms with van der Waals surface area (Å²) >= 11 is 0. The first kappa shape index (κ1) is 29.8. The topological polar surface area (TPSA) is 90.4 Å². The van der Waals surface area contributed by atoms with E-state index in [2.05, 4.69) is 13.2 Å². The fraction of sp³-hybridized carbons (Fsp3) is 0.361. The average Bonchev–Trinajstić information content (AvgIpc) is 3.66. The molecule has 3 aliphatic rings. The van der Waals surface area contributed by atoms with Crippen LogP contribution in [-0.2, 0) is 19.1 Å². The van der Waals surface area contributed by atoms with Crippen molar-refractivity contribution in [2.75, 3.05) is 36.0 Å². The molecule has 0 saturated carbocycles. The number of carbonyl (C=O) groups is 3.